The minimum absolute atomic E-state index is 0.339. The van der Waals surface area contributed by atoms with Crippen LogP contribution in [0.3, 0.4) is 0 Å². The lowest BCUT2D eigenvalue weighted by molar-refractivity contribution is -0.140. The summed E-state index contributed by atoms with van der Waals surface area (Å²) in [7, 11) is 0. The maximum atomic E-state index is 10.9. The molecule has 1 atom stereocenters. The van der Waals surface area contributed by atoms with Gasteiger partial charge in [0.15, 0.2) is 0 Å². The zero-order valence-corrected chi connectivity index (χ0v) is 8.83. The molecule has 0 aromatic heterocycles. The van der Waals surface area contributed by atoms with Gasteiger partial charge >= 0.3 is 5.97 Å². The second kappa shape index (κ2) is 4.95. The summed E-state index contributed by atoms with van der Waals surface area (Å²) in [6.07, 6.45) is 0. The van der Waals surface area contributed by atoms with E-state index in [0.29, 0.717) is 13.1 Å². The van der Waals surface area contributed by atoms with Gasteiger partial charge in [-0.15, -0.1) is 0 Å². The van der Waals surface area contributed by atoms with E-state index in [4.69, 9.17) is 10.8 Å². The van der Waals surface area contributed by atoms with Crippen LogP contribution in [0.25, 0.3) is 0 Å². The summed E-state index contributed by atoms with van der Waals surface area (Å²) < 4.78 is 0. The van der Waals surface area contributed by atoms with E-state index < -0.39 is 23.2 Å². The van der Waals surface area contributed by atoms with Crippen molar-refractivity contribution in [2.75, 3.05) is 13.1 Å². The number of amides is 1. The van der Waals surface area contributed by atoms with Crippen molar-refractivity contribution in [1.82, 2.24) is 5.32 Å². The smallest absolute Gasteiger partial charge is 0.307 e. The number of hydrogen-bond acceptors (Lipinski definition) is 3. The van der Waals surface area contributed by atoms with E-state index >= 15 is 0 Å². The Balaban J connectivity index is 3.85. The number of carbonyl (C=O) groups is 2. The van der Waals surface area contributed by atoms with Gasteiger partial charge in [0.05, 0.1) is 11.3 Å². The largest absolute Gasteiger partial charge is 0.481 e. The van der Waals surface area contributed by atoms with Gasteiger partial charge in [0.1, 0.15) is 0 Å². The number of rotatable bonds is 6. The Hall–Kier alpha value is -1.10. The van der Waals surface area contributed by atoms with Crippen molar-refractivity contribution in [2.24, 2.45) is 17.1 Å². The topological polar surface area (TPSA) is 92.4 Å². The maximum Gasteiger partial charge on any atom is 0.307 e. The van der Waals surface area contributed by atoms with Crippen molar-refractivity contribution in [3.63, 3.8) is 0 Å². The molecule has 82 valence electrons. The molecular weight excluding hydrogens is 184 g/mol. The minimum Gasteiger partial charge on any atom is -0.481 e. The molecule has 4 N–H and O–H groups in total. The lowest BCUT2D eigenvalue weighted by Gasteiger charge is -2.21. The Morgan fingerprint density at radius 1 is 1.50 bits per heavy atom. The Labute approximate surface area is 83.7 Å². The summed E-state index contributed by atoms with van der Waals surface area (Å²) in [4.78, 5) is 21.4. The van der Waals surface area contributed by atoms with Crippen LogP contribution in [0, 0.1) is 11.3 Å². The molecule has 0 aromatic rings. The van der Waals surface area contributed by atoms with Crippen LogP contribution in [-0.2, 0) is 9.59 Å². The molecule has 0 aliphatic heterocycles. The lowest BCUT2D eigenvalue weighted by Crippen LogP contribution is -2.42. The summed E-state index contributed by atoms with van der Waals surface area (Å²) in [5, 5.41) is 11.5. The van der Waals surface area contributed by atoms with Crippen LogP contribution in [0.15, 0.2) is 0 Å². The van der Waals surface area contributed by atoms with Gasteiger partial charge in [0.25, 0.3) is 0 Å². The standard InChI is InChI=1S/C9H18N2O3/c1-6(7(12)13)4-11-5-9(2,3)8(10)14/h6,11H,4-5H2,1-3H3,(H2,10,14)(H,12,13). The fourth-order valence-electron chi connectivity index (χ4n) is 0.776. The van der Waals surface area contributed by atoms with Gasteiger partial charge in [-0.2, -0.15) is 0 Å². The number of carboxylic acids is 1. The normalized spacial score (nSPS) is 13.6. The minimum atomic E-state index is -0.852. The predicted octanol–water partition coefficient (Wildman–Crippen LogP) is -0.192. The molecule has 0 spiro atoms. The van der Waals surface area contributed by atoms with Crippen LogP contribution in [0.4, 0.5) is 0 Å². The summed E-state index contributed by atoms with van der Waals surface area (Å²) in [6.45, 7) is 5.76. The molecule has 0 aliphatic rings. The highest BCUT2D eigenvalue weighted by Crippen LogP contribution is 2.11. The van der Waals surface area contributed by atoms with Crippen LogP contribution < -0.4 is 11.1 Å². The Kier molecular flexibility index (Phi) is 4.56. The van der Waals surface area contributed by atoms with Gasteiger partial charge in [0, 0.05) is 13.1 Å². The zero-order valence-electron chi connectivity index (χ0n) is 8.83. The highest BCUT2D eigenvalue weighted by atomic mass is 16.4. The quantitative estimate of drug-likeness (QED) is 0.556. The highest BCUT2D eigenvalue weighted by molar-refractivity contribution is 5.80. The fraction of sp³-hybridized carbons (Fsp3) is 0.778. The van der Waals surface area contributed by atoms with E-state index in [2.05, 4.69) is 5.32 Å². The number of hydrogen-bond donors (Lipinski definition) is 3. The van der Waals surface area contributed by atoms with Crippen molar-refractivity contribution in [3.05, 3.63) is 0 Å². The monoisotopic (exact) mass is 202 g/mol. The van der Waals surface area contributed by atoms with Gasteiger partial charge in [-0.25, -0.2) is 0 Å². The molecule has 0 saturated carbocycles. The Morgan fingerprint density at radius 2 is 2.00 bits per heavy atom. The molecule has 5 nitrogen and oxygen atoms in total. The number of nitrogens with one attached hydrogen (secondary N) is 1. The first-order chi connectivity index (χ1) is 6.27. The molecular formula is C9H18N2O3. The molecule has 1 amide bonds. The van der Waals surface area contributed by atoms with Gasteiger partial charge in [-0.1, -0.05) is 6.92 Å². The first-order valence-electron chi connectivity index (χ1n) is 4.51. The van der Waals surface area contributed by atoms with Crippen LogP contribution in [0.5, 0.6) is 0 Å². The first kappa shape index (κ1) is 12.9. The van der Waals surface area contributed by atoms with E-state index in [1.165, 1.54) is 0 Å². The van der Waals surface area contributed by atoms with E-state index in [0.717, 1.165) is 0 Å². The second-order valence-electron chi connectivity index (χ2n) is 4.12. The average molecular weight is 202 g/mol. The fourth-order valence-corrected chi connectivity index (χ4v) is 0.776. The van der Waals surface area contributed by atoms with Gasteiger partial charge in [0.2, 0.25) is 5.91 Å². The van der Waals surface area contributed by atoms with Crippen molar-refractivity contribution in [2.45, 2.75) is 20.8 Å². The third-order valence-electron chi connectivity index (χ3n) is 2.11. The third-order valence-corrected chi connectivity index (χ3v) is 2.11. The van der Waals surface area contributed by atoms with E-state index in [1.54, 1.807) is 20.8 Å². The lowest BCUT2D eigenvalue weighted by atomic mass is 9.92. The summed E-state index contributed by atoms with van der Waals surface area (Å²) in [5.74, 6) is -1.71. The molecule has 0 saturated heterocycles. The number of primary amides is 1. The molecule has 0 aromatic carbocycles. The number of carboxylic acid groups (broad SMARTS) is 1. The predicted molar refractivity (Wildman–Crippen MR) is 52.6 cm³/mol. The van der Waals surface area contributed by atoms with Crippen LogP contribution >= 0.6 is 0 Å². The SMILES string of the molecule is CC(CNCC(C)(C)C(N)=O)C(=O)O. The van der Waals surface area contributed by atoms with Crippen LogP contribution in [0.1, 0.15) is 20.8 Å². The van der Waals surface area contributed by atoms with Crippen LogP contribution in [0.2, 0.25) is 0 Å². The number of aliphatic carboxylic acids is 1. The third kappa shape index (κ3) is 4.23. The second-order valence-corrected chi connectivity index (χ2v) is 4.12. The van der Waals surface area contributed by atoms with Crippen LogP contribution in [-0.4, -0.2) is 30.1 Å². The van der Waals surface area contributed by atoms with Crippen molar-refractivity contribution < 1.29 is 14.7 Å². The average Bonchev–Trinajstić information content (AvgIpc) is 2.03. The summed E-state index contributed by atoms with van der Waals surface area (Å²) in [6, 6.07) is 0. The molecule has 0 bridgehead atoms. The van der Waals surface area contributed by atoms with Gasteiger partial charge < -0.3 is 16.2 Å². The molecule has 0 aliphatic carbocycles. The number of nitrogens with two attached hydrogens (primary N) is 1. The molecule has 14 heavy (non-hydrogen) atoms. The molecule has 0 fully saturated rings. The molecule has 0 heterocycles. The van der Waals surface area contributed by atoms with Crippen molar-refractivity contribution in [3.8, 4) is 0 Å². The van der Waals surface area contributed by atoms with E-state index in [9.17, 15) is 9.59 Å². The number of carbonyl (C=O) groups excluding carboxylic acids is 1. The maximum absolute atomic E-state index is 10.9. The van der Waals surface area contributed by atoms with Gasteiger partial charge in [-0.05, 0) is 13.8 Å². The zero-order chi connectivity index (χ0) is 11.4. The van der Waals surface area contributed by atoms with Gasteiger partial charge in [-0.3, -0.25) is 9.59 Å². The van der Waals surface area contributed by atoms with Crippen molar-refractivity contribution in [1.29, 1.82) is 0 Å². The van der Waals surface area contributed by atoms with Crippen molar-refractivity contribution >= 4 is 11.9 Å². The Morgan fingerprint density at radius 3 is 2.36 bits per heavy atom. The highest BCUT2D eigenvalue weighted by Gasteiger charge is 2.24. The molecule has 5 heteroatoms. The molecule has 0 rings (SSSR count). The van der Waals surface area contributed by atoms with E-state index in [1.807, 2.05) is 0 Å². The summed E-state index contributed by atoms with van der Waals surface area (Å²) >= 11 is 0. The molecule has 1 unspecified atom stereocenters. The first-order valence-corrected chi connectivity index (χ1v) is 4.51. The van der Waals surface area contributed by atoms with E-state index in [-0.39, 0.29) is 0 Å². The Bertz CT molecular complexity index is 226. The summed E-state index contributed by atoms with van der Waals surface area (Å²) in [5.41, 5.74) is 4.51. The molecule has 0 radical (unpaired) electrons.